The molecule has 0 amide bonds. The Morgan fingerprint density at radius 3 is 2.96 bits per heavy atom. The van der Waals surface area contributed by atoms with Gasteiger partial charge in [-0.1, -0.05) is 30.3 Å². The lowest BCUT2D eigenvalue weighted by atomic mass is 10.1. The Kier molecular flexibility index (Phi) is 4.52. The minimum Gasteiger partial charge on any atom is -0.349 e. The number of fused-ring (bicyclic) bond motifs is 1. The van der Waals surface area contributed by atoms with Gasteiger partial charge >= 0.3 is 0 Å². The van der Waals surface area contributed by atoms with Crippen LogP contribution in [0.3, 0.4) is 0 Å². The number of aromatic nitrogens is 3. The second-order valence-electron chi connectivity index (χ2n) is 5.98. The fraction of sp³-hybridized carbons (Fsp3) is 0.211. The molecule has 126 valence electrons. The van der Waals surface area contributed by atoms with E-state index in [0.717, 1.165) is 23.6 Å². The molecule has 4 rings (SSSR count). The van der Waals surface area contributed by atoms with Gasteiger partial charge in [0.25, 0.3) is 5.56 Å². The minimum absolute atomic E-state index is 0.139. The van der Waals surface area contributed by atoms with Crippen molar-refractivity contribution in [2.24, 2.45) is 0 Å². The first-order valence-electron chi connectivity index (χ1n) is 8.26. The lowest BCUT2D eigenvalue weighted by Gasteiger charge is -2.14. The monoisotopic (exact) mass is 350 g/mol. The van der Waals surface area contributed by atoms with Crippen LogP contribution in [0.4, 0.5) is 5.95 Å². The Morgan fingerprint density at radius 2 is 2.08 bits per heavy atom. The van der Waals surface area contributed by atoms with Crippen molar-refractivity contribution in [3.05, 3.63) is 81.9 Å². The standard InChI is InChI=1S/C19H18N4OS/c24-17-11-14(12-25-18-7-3-4-10-20-18)21-19(23-17)22-16-9-8-13-5-1-2-6-15(13)16/h1-7,10-11,16H,8-9,12H2,(H2,21,22,23,24). The summed E-state index contributed by atoms with van der Waals surface area (Å²) in [5.41, 5.74) is 3.26. The van der Waals surface area contributed by atoms with Crippen molar-refractivity contribution in [2.45, 2.75) is 29.7 Å². The van der Waals surface area contributed by atoms with E-state index in [1.54, 1.807) is 24.0 Å². The summed E-state index contributed by atoms with van der Waals surface area (Å²) in [5, 5.41) is 4.31. The summed E-state index contributed by atoms with van der Waals surface area (Å²) < 4.78 is 0. The molecule has 0 bridgehead atoms. The van der Waals surface area contributed by atoms with E-state index in [-0.39, 0.29) is 11.6 Å². The highest BCUT2D eigenvalue weighted by Crippen LogP contribution is 2.32. The Labute approximate surface area is 149 Å². The van der Waals surface area contributed by atoms with E-state index in [9.17, 15) is 4.79 Å². The number of nitrogens with zero attached hydrogens (tertiary/aromatic N) is 2. The molecule has 1 aromatic carbocycles. The van der Waals surface area contributed by atoms with Gasteiger partial charge in [0, 0.05) is 18.0 Å². The van der Waals surface area contributed by atoms with Gasteiger partial charge in [0.05, 0.1) is 16.8 Å². The van der Waals surface area contributed by atoms with Crippen molar-refractivity contribution >= 4 is 17.7 Å². The Hall–Kier alpha value is -2.60. The van der Waals surface area contributed by atoms with Crippen molar-refractivity contribution in [1.29, 1.82) is 0 Å². The maximum atomic E-state index is 12.0. The molecule has 1 aliphatic rings. The fourth-order valence-corrected chi connectivity index (χ4v) is 3.86. The molecule has 1 unspecified atom stereocenters. The first-order valence-corrected chi connectivity index (χ1v) is 9.25. The molecule has 0 radical (unpaired) electrons. The lowest BCUT2D eigenvalue weighted by Crippen LogP contribution is -2.16. The second kappa shape index (κ2) is 7.11. The zero-order valence-electron chi connectivity index (χ0n) is 13.6. The van der Waals surface area contributed by atoms with Crippen molar-refractivity contribution in [1.82, 2.24) is 15.0 Å². The van der Waals surface area contributed by atoms with E-state index in [2.05, 4.69) is 44.5 Å². The van der Waals surface area contributed by atoms with Crippen molar-refractivity contribution in [3.8, 4) is 0 Å². The van der Waals surface area contributed by atoms with E-state index in [1.165, 1.54) is 11.1 Å². The number of rotatable bonds is 5. The number of pyridine rings is 1. The van der Waals surface area contributed by atoms with Gasteiger partial charge in [0.1, 0.15) is 0 Å². The number of nitrogens with one attached hydrogen (secondary N) is 2. The van der Waals surface area contributed by atoms with Crippen molar-refractivity contribution in [3.63, 3.8) is 0 Å². The quantitative estimate of drug-likeness (QED) is 0.689. The van der Waals surface area contributed by atoms with Crippen LogP contribution in [0, 0.1) is 0 Å². The Bertz CT molecular complexity index is 926. The molecule has 3 aromatic rings. The van der Waals surface area contributed by atoms with Crippen LogP contribution in [0.15, 0.2) is 64.5 Å². The molecule has 0 aliphatic heterocycles. The number of aryl methyl sites for hydroxylation is 1. The molecule has 0 fully saturated rings. The maximum absolute atomic E-state index is 12.0. The van der Waals surface area contributed by atoms with Gasteiger partial charge in [-0.2, -0.15) is 0 Å². The number of thioether (sulfide) groups is 1. The summed E-state index contributed by atoms with van der Waals surface area (Å²) in [7, 11) is 0. The van der Waals surface area contributed by atoms with Crippen molar-refractivity contribution in [2.75, 3.05) is 5.32 Å². The van der Waals surface area contributed by atoms with E-state index in [0.29, 0.717) is 11.7 Å². The highest BCUT2D eigenvalue weighted by Gasteiger charge is 2.22. The largest absolute Gasteiger partial charge is 0.349 e. The third kappa shape index (κ3) is 3.74. The molecule has 25 heavy (non-hydrogen) atoms. The van der Waals surface area contributed by atoms with E-state index in [4.69, 9.17) is 0 Å². The summed E-state index contributed by atoms with van der Waals surface area (Å²) in [6.45, 7) is 0. The van der Waals surface area contributed by atoms with Gasteiger partial charge in [0.2, 0.25) is 5.95 Å². The van der Waals surface area contributed by atoms with E-state index in [1.807, 2.05) is 18.2 Å². The van der Waals surface area contributed by atoms with Gasteiger partial charge in [-0.3, -0.25) is 9.78 Å². The number of aromatic amines is 1. The molecule has 2 N–H and O–H groups in total. The number of H-pyrrole nitrogens is 1. The van der Waals surface area contributed by atoms with Crippen LogP contribution in [0.1, 0.15) is 29.3 Å². The number of hydrogen-bond acceptors (Lipinski definition) is 5. The van der Waals surface area contributed by atoms with Crippen LogP contribution in [0.2, 0.25) is 0 Å². The van der Waals surface area contributed by atoms with Gasteiger partial charge in [-0.05, 0) is 36.1 Å². The predicted octanol–water partition coefficient (Wildman–Crippen LogP) is 3.56. The van der Waals surface area contributed by atoms with E-state index < -0.39 is 0 Å². The molecule has 6 heteroatoms. The van der Waals surface area contributed by atoms with Gasteiger partial charge < -0.3 is 5.32 Å². The van der Waals surface area contributed by atoms with Crippen LogP contribution in [-0.4, -0.2) is 15.0 Å². The summed E-state index contributed by atoms with van der Waals surface area (Å²) in [5.74, 6) is 1.14. The zero-order valence-corrected chi connectivity index (χ0v) is 14.4. The van der Waals surface area contributed by atoms with Gasteiger partial charge in [-0.15, -0.1) is 11.8 Å². The summed E-state index contributed by atoms with van der Waals surface area (Å²) in [6.07, 6.45) is 3.82. The summed E-state index contributed by atoms with van der Waals surface area (Å²) >= 11 is 1.57. The molecule has 2 aromatic heterocycles. The molecule has 1 aliphatic carbocycles. The third-order valence-electron chi connectivity index (χ3n) is 4.24. The molecule has 0 saturated carbocycles. The summed E-state index contributed by atoms with van der Waals surface area (Å²) in [6, 6.07) is 15.9. The highest BCUT2D eigenvalue weighted by atomic mass is 32.2. The summed E-state index contributed by atoms with van der Waals surface area (Å²) in [4.78, 5) is 23.6. The predicted molar refractivity (Wildman–Crippen MR) is 99.8 cm³/mol. The van der Waals surface area contributed by atoms with E-state index >= 15 is 0 Å². The Balaban J connectivity index is 1.49. The zero-order chi connectivity index (χ0) is 17.1. The smallest absolute Gasteiger partial charge is 0.252 e. The molecule has 2 heterocycles. The number of benzene rings is 1. The van der Waals surface area contributed by atoms with Crippen LogP contribution >= 0.6 is 11.8 Å². The fourth-order valence-electron chi connectivity index (χ4n) is 3.10. The first kappa shape index (κ1) is 15.9. The Morgan fingerprint density at radius 1 is 1.20 bits per heavy atom. The van der Waals surface area contributed by atoms with Crippen molar-refractivity contribution < 1.29 is 0 Å². The highest BCUT2D eigenvalue weighted by molar-refractivity contribution is 7.98. The molecule has 5 nitrogen and oxygen atoms in total. The molecule has 0 spiro atoms. The van der Waals surface area contributed by atoms with Gasteiger partial charge in [-0.25, -0.2) is 9.97 Å². The van der Waals surface area contributed by atoms with Crippen LogP contribution in [0.25, 0.3) is 0 Å². The van der Waals surface area contributed by atoms with Gasteiger partial charge in [0.15, 0.2) is 0 Å². The van der Waals surface area contributed by atoms with Crippen LogP contribution in [0.5, 0.6) is 0 Å². The molecular weight excluding hydrogens is 332 g/mol. The topological polar surface area (TPSA) is 70.7 Å². The second-order valence-corrected chi connectivity index (χ2v) is 6.97. The lowest BCUT2D eigenvalue weighted by molar-refractivity contribution is 0.748. The van der Waals surface area contributed by atoms with Crippen LogP contribution < -0.4 is 10.9 Å². The third-order valence-corrected chi connectivity index (χ3v) is 5.22. The average Bonchev–Trinajstić information content (AvgIpc) is 3.04. The average molecular weight is 350 g/mol. The molecule has 1 atom stereocenters. The number of hydrogen-bond donors (Lipinski definition) is 2. The molecular formula is C19H18N4OS. The first-order chi connectivity index (χ1) is 12.3. The maximum Gasteiger partial charge on any atom is 0.252 e. The number of anilines is 1. The minimum atomic E-state index is -0.139. The normalized spacial score (nSPS) is 15.8. The molecule has 0 saturated heterocycles. The SMILES string of the molecule is O=c1cc(CSc2ccccn2)nc(NC2CCc3ccccc32)[nH]1. The van der Waals surface area contributed by atoms with Crippen LogP contribution in [-0.2, 0) is 12.2 Å².